The Hall–Kier alpha value is -4.25. The number of fused-ring (bicyclic) bond motifs is 1. The van der Waals surface area contributed by atoms with Crippen LogP contribution in [0.3, 0.4) is 0 Å². The fourth-order valence-corrected chi connectivity index (χ4v) is 4.19. The number of rotatable bonds is 11. The number of carbonyl (C=O) groups excluding carboxylic acids is 5. The summed E-state index contributed by atoms with van der Waals surface area (Å²) < 4.78 is 11.2. The molecule has 2 aliphatic heterocycles. The van der Waals surface area contributed by atoms with Gasteiger partial charge in [0.1, 0.15) is 18.4 Å². The molecule has 2 aromatic carbocycles. The van der Waals surface area contributed by atoms with Crippen LogP contribution in [0.25, 0.3) is 0 Å². The Balaban J connectivity index is 1.26. The Kier molecular flexibility index (Phi) is 7.59. The minimum absolute atomic E-state index is 0.0643. The number of primary amides is 1. The van der Waals surface area contributed by atoms with Crippen LogP contribution in [0.4, 0.5) is 5.69 Å². The zero-order valence-electron chi connectivity index (χ0n) is 19.5. The normalized spacial score (nSPS) is 17.1. The van der Waals surface area contributed by atoms with Crippen molar-refractivity contribution in [2.24, 2.45) is 5.73 Å². The first-order chi connectivity index (χ1) is 17.3. The molecule has 2 aliphatic rings. The summed E-state index contributed by atoms with van der Waals surface area (Å²) in [5.74, 6) is -1.99. The topological polar surface area (TPSA) is 157 Å². The summed E-state index contributed by atoms with van der Waals surface area (Å²) >= 11 is 0. The van der Waals surface area contributed by atoms with Crippen LogP contribution in [0.1, 0.15) is 39.1 Å². The highest BCUT2D eigenvalue weighted by Gasteiger charge is 2.45. The molecule has 2 heterocycles. The molecular formula is C25H26N4O7. The molecule has 11 nitrogen and oxygen atoms in total. The van der Waals surface area contributed by atoms with E-state index in [4.69, 9.17) is 15.2 Å². The highest BCUT2D eigenvalue weighted by Crippen LogP contribution is 2.32. The molecule has 0 aromatic heterocycles. The standard InChI is InChI=1S/C25H26N4O7/c26-20(30)14-15-3-1-4-16(13-15)36-12-11-35-10-9-27-18-6-2-5-17-22(18)25(34)29(24(17)33)19-7-8-21(31)28-23(19)32/h1-6,13,19,27H,7-12,14H2,(H2,26,30)(H,28,31,32). The van der Waals surface area contributed by atoms with E-state index in [0.717, 1.165) is 10.5 Å². The monoisotopic (exact) mass is 494 g/mol. The van der Waals surface area contributed by atoms with Gasteiger partial charge in [0.2, 0.25) is 17.7 Å². The first-order valence-corrected chi connectivity index (χ1v) is 11.5. The van der Waals surface area contributed by atoms with E-state index in [1.54, 1.807) is 42.5 Å². The number of imide groups is 2. The molecule has 4 N–H and O–H groups in total. The third-order valence-electron chi connectivity index (χ3n) is 5.80. The summed E-state index contributed by atoms with van der Waals surface area (Å²) in [7, 11) is 0. The lowest BCUT2D eigenvalue weighted by molar-refractivity contribution is -0.136. The molecule has 0 saturated carbocycles. The molecule has 1 atom stereocenters. The van der Waals surface area contributed by atoms with Gasteiger partial charge in [0.25, 0.3) is 11.8 Å². The second-order valence-electron chi connectivity index (χ2n) is 8.35. The van der Waals surface area contributed by atoms with Crippen molar-refractivity contribution in [1.29, 1.82) is 0 Å². The van der Waals surface area contributed by atoms with Gasteiger partial charge < -0.3 is 20.5 Å². The Labute approximate surface area is 206 Å². The zero-order chi connectivity index (χ0) is 25.7. The summed E-state index contributed by atoms with van der Waals surface area (Å²) in [6, 6.07) is 11.0. The minimum atomic E-state index is -1.01. The van der Waals surface area contributed by atoms with Crippen LogP contribution in [-0.4, -0.2) is 66.8 Å². The number of piperidine rings is 1. The Bertz CT molecular complexity index is 1210. The molecule has 0 aliphatic carbocycles. The zero-order valence-corrected chi connectivity index (χ0v) is 19.5. The Morgan fingerprint density at radius 3 is 2.64 bits per heavy atom. The number of hydrogen-bond acceptors (Lipinski definition) is 8. The predicted molar refractivity (Wildman–Crippen MR) is 127 cm³/mol. The number of carbonyl (C=O) groups is 5. The predicted octanol–water partition coefficient (Wildman–Crippen LogP) is 0.623. The van der Waals surface area contributed by atoms with Crippen molar-refractivity contribution in [1.82, 2.24) is 10.2 Å². The van der Waals surface area contributed by atoms with E-state index in [1.165, 1.54) is 0 Å². The van der Waals surface area contributed by atoms with Crippen molar-refractivity contribution in [3.8, 4) is 5.75 Å². The summed E-state index contributed by atoms with van der Waals surface area (Å²) in [5.41, 5.74) is 6.85. The van der Waals surface area contributed by atoms with Crippen LogP contribution in [0.5, 0.6) is 5.75 Å². The molecule has 36 heavy (non-hydrogen) atoms. The highest BCUT2D eigenvalue weighted by molar-refractivity contribution is 6.25. The summed E-state index contributed by atoms with van der Waals surface area (Å²) in [5, 5.41) is 5.29. The molecule has 0 spiro atoms. The lowest BCUT2D eigenvalue weighted by atomic mass is 10.0. The van der Waals surface area contributed by atoms with E-state index in [1.807, 2.05) is 0 Å². The van der Waals surface area contributed by atoms with E-state index in [0.29, 0.717) is 37.8 Å². The van der Waals surface area contributed by atoms with Crippen molar-refractivity contribution in [3.05, 3.63) is 59.2 Å². The molecule has 0 bridgehead atoms. The molecule has 0 radical (unpaired) electrons. The Morgan fingerprint density at radius 1 is 1.06 bits per heavy atom. The number of ether oxygens (including phenoxy) is 2. The van der Waals surface area contributed by atoms with Crippen LogP contribution in [-0.2, 0) is 25.5 Å². The average molecular weight is 495 g/mol. The summed E-state index contributed by atoms with van der Waals surface area (Å²) in [4.78, 5) is 61.6. The third kappa shape index (κ3) is 5.52. The van der Waals surface area contributed by atoms with E-state index < -0.39 is 35.6 Å². The molecule has 1 saturated heterocycles. The molecule has 11 heteroatoms. The maximum Gasteiger partial charge on any atom is 0.264 e. The smallest absolute Gasteiger partial charge is 0.264 e. The van der Waals surface area contributed by atoms with Gasteiger partial charge in [0, 0.05) is 18.7 Å². The molecule has 188 valence electrons. The van der Waals surface area contributed by atoms with Gasteiger partial charge in [-0.15, -0.1) is 0 Å². The highest BCUT2D eigenvalue weighted by atomic mass is 16.5. The van der Waals surface area contributed by atoms with Crippen molar-refractivity contribution in [3.63, 3.8) is 0 Å². The fraction of sp³-hybridized carbons (Fsp3) is 0.320. The van der Waals surface area contributed by atoms with Crippen LogP contribution < -0.4 is 21.1 Å². The molecule has 1 fully saturated rings. The SMILES string of the molecule is NC(=O)Cc1cccc(OCCOCCNc2cccc3c2C(=O)N(C2CCC(=O)NC2=O)C3=O)c1. The van der Waals surface area contributed by atoms with Crippen LogP contribution in [0.2, 0.25) is 0 Å². The van der Waals surface area contributed by atoms with Gasteiger partial charge in [0.15, 0.2) is 0 Å². The van der Waals surface area contributed by atoms with Gasteiger partial charge in [-0.3, -0.25) is 34.2 Å². The van der Waals surface area contributed by atoms with E-state index in [-0.39, 0.29) is 30.4 Å². The van der Waals surface area contributed by atoms with Crippen LogP contribution >= 0.6 is 0 Å². The number of amides is 5. The largest absolute Gasteiger partial charge is 0.491 e. The average Bonchev–Trinajstić information content (AvgIpc) is 3.09. The van der Waals surface area contributed by atoms with E-state index >= 15 is 0 Å². The first-order valence-electron chi connectivity index (χ1n) is 11.5. The lowest BCUT2D eigenvalue weighted by Crippen LogP contribution is -2.54. The summed E-state index contributed by atoms with van der Waals surface area (Å²) in [6.45, 7) is 1.29. The second kappa shape index (κ2) is 11.0. The van der Waals surface area contributed by atoms with Gasteiger partial charge in [-0.1, -0.05) is 18.2 Å². The van der Waals surface area contributed by atoms with Gasteiger partial charge in [-0.2, -0.15) is 0 Å². The van der Waals surface area contributed by atoms with Crippen LogP contribution in [0, 0.1) is 0 Å². The van der Waals surface area contributed by atoms with Gasteiger partial charge >= 0.3 is 0 Å². The number of nitrogens with two attached hydrogens (primary N) is 1. The minimum Gasteiger partial charge on any atom is -0.491 e. The second-order valence-corrected chi connectivity index (χ2v) is 8.35. The van der Waals surface area contributed by atoms with Crippen molar-refractivity contribution < 1.29 is 33.4 Å². The lowest BCUT2D eigenvalue weighted by Gasteiger charge is -2.27. The molecule has 4 rings (SSSR count). The maximum atomic E-state index is 13.1. The Morgan fingerprint density at radius 2 is 1.86 bits per heavy atom. The number of nitrogens with zero attached hydrogens (tertiary/aromatic N) is 1. The number of nitrogens with one attached hydrogen (secondary N) is 2. The molecule has 2 aromatic rings. The van der Waals surface area contributed by atoms with Gasteiger partial charge in [-0.05, 0) is 36.2 Å². The third-order valence-corrected chi connectivity index (χ3v) is 5.80. The molecular weight excluding hydrogens is 468 g/mol. The van der Waals surface area contributed by atoms with Gasteiger partial charge in [0.05, 0.1) is 30.8 Å². The fourth-order valence-electron chi connectivity index (χ4n) is 4.19. The van der Waals surface area contributed by atoms with E-state index in [2.05, 4.69) is 10.6 Å². The van der Waals surface area contributed by atoms with Crippen molar-refractivity contribution in [2.75, 3.05) is 31.7 Å². The van der Waals surface area contributed by atoms with Gasteiger partial charge in [-0.25, -0.2) is 0 Å². The number of anilines is 1. The van der Waals surface area contributed by atoms with Crippen LogP contribution in [0.15, 0.2) is 42.5 Å². The quantitative estimate of drug-likeness (QED) is 0.303. The maximum absolute atomic E-state index is 13.1. The number of hydrogen-bond donors (Lipinski definition) is 3. The molecule has 5 amide bonds. The first kappa shape index (κ1) is 24.9. The molecule has 1 unspecified atom stereocenters. The summed E-state index contributed by atoms with van der Waals surface area (Å²) in [6.07, 6.45) is 0.307. The van der Waals surface area contributed by atoms with Crippen molar-refractivity contribution in [2.45, 2.75) is 25.3 Å². The van der Waals surface area contributed by atoms with Crippen molar-refractivity contribution >= 4 is 35.2 Å². The van der Waals surface area contributed by atoms with E-state index in [9.17, 15) is 24.0 Å². The number of benzene rings is 2.